The Kier molecular flexibility index (Phi) is 3.28. The summed E-state index contributed by atoms with van der Waals surface area (Å²) in [6, 6.07) is 5.03. The second-order valence-corrected chi connectivity index (χ2v) is 3.93. The molecule has 92 valence electrons. The molecule has 0 spiro atoms. The molecular weight excluding hydrogens is 230 g/mol. The van der Waals surface area contributed by atoms with Crippen molar-refractivity contribution in [2.75, 3.05) is 0 Å². The van der Waals surface area contributed by atoms with Gasteiger partial charge in [-0.3, -0.25) is 4.99 Å². The molecule has 2 rings (SSSR count). The monoisotopic (exact) mass is 243 g/mol. The molecule has 0 unspecified atom stereocenters. The smallest absolute Gasteiger partial charge is 0.335 e. The third kappa shape index (κ3) is 2.18. The maximum Gasteiger partial charge on any atom is 0.335 e. The molecule has 0 saturated heterocycles. The topological polar surface area (TPSA) is 58.9 Å². The van der Waals surface area contributed by atoms with Crippen molar-refractivity contribution in [1.29, 1.82) is 0 Å². The lowest BCUT2D eigenvalue weighted by molar-refractivity contribution is 0.0696. The quantitative estimate of drug-likeness (QED) is 0.830. The number of benzene rings is 1. The predicted octanol–water partition coefficient (Wildman–Crippen LogP) is 2.86. The standard InChI is InChI=1S/C14H13NO3/c1-9-12(5-6-15-2)13-4-3-10(14(16)17)7-11(13)8-18-9/h3-7H,2,8H2,1H3,(H,16,17)/b6-5-. The zero-order valence-electron chi connectivity index (χ0n) is 10.0. The van der Waals surface area contributed by atoms with Crippen LogP contribution in [0.4, 0.5) is 0 Å². The Morgan fingerprint density at radius 2 is 2.33 bits per heavy atom. The van der Waals surface area contributed by atoms with E-state index in [0.29, 0.717) is 6.61 Å². The Morgan fingerprint density at radius 1 is 1.56 bits per heavy atom. The molecule has 18 heavy (non-hydrogen) atoms. The number of ether oxygens (including phenoxy) is 1. The zero-order chi connectivity index (χ0) is 13.1. The summed E-state index contributed by atoms with van der Waals surface area (Å²) in [6.45, 7) is 5.65. The Bertz CT molecular complexity index is 570. The van der Waals surface area contributed by atoms with Crippen LogP contribution in [0, 0.1) is 0 Å². The second-order valence-electron chi connectivity index (χ2n) is 3.93. The Morgan fingerprint density at radius 3 is 3.00 bits per heavy atom. The van der Waals surface area contributed by atoms with Crippen LogP contribution < -0.4 is 0 Å². The number of aromatic carboxylic acids is 1. The molecule has 1 aromatic carbocycles. The molecule has 4 nitrogen and oxygen atoms in total. The van der Waals surface area contributed by atoms with Crippen LogP contribution in [0.15, 0.2) is 41.2 Å². The molecule has 0 bridgehead atoms. The number of aliphatic imine (C=N–C) groups is 1. The molecule has 0 aliphatic carbocycles. The first kappa shape index (κ1) is 12.1. The van der Waals surface area contributed by atoms with Gasteiger partial charge in [0.05, 0.1) is 5.56 Å². The highest BCUT2D eigenvalue weighted by Crippen LogP contribution is 2.31. The zero-order valence-corrected chi connectivity index (χ0v) is 10.0. The van der Waals surface area contributed by atoms with Gasteiger partial charge in [-0.2, -0.15) is 0 Å². The molecule has 0 amide bonds. The number of carboxylic acid groups (broad SMARTS) is 1. The van der Waals surface area contributed by atoms with Crippen molar-refractivity contribution >= 4 is 18.3 Å². The fourth-order valence-corrected chi connectivity index (χ4v) is 1.90. The van der Waals surface area contributed by atoms with E-state index in [1.54, 1.807) is 30.5 Å². The molecule has 1 aliphatic heterocycles. The van der Waals surface area contributed by atoms with Gasteiger partial charge in [0.15, 0.2) is 0 Å². The van der Waals surface area contributed by atoms with Crippen LogP contribution in [0.1, 0.15) is 28.4 Å². The van der Waals surface area contributed by atoms with Crippen LogP contribution in [0.3, 0.4) is 0 Å². The summed E-state index contributed by atoms with van der Waals surface area (Å²) in [5, 5.41) is 8.96. The van der Waals surface area contributed by atoms with E-state index in [4.69, 9.17) is 9.84 Å². The molecule has 1 N–H and O–H groups in total. The van der Waals surface area contributed by atoms with Crippen molar-refractivity contribution in [3.63, 3.8) is 0 Å². The lowest BCUT2D eigenvalue weighted by Gasteiger charge is -2.20. The van der Waals surface area contributed by atoms with E-state index in [1.165, 1.54) is 0 Å². The van der Waals surface area contributed by atoms with E-state index in [0.717, 1.165) is 22.5 Å². The lowest BCUT2D eigenvalue weighted by Crippen LogP contribution is -2.07. The van der Waals surface area contributed by atoms with Crippen molar-refractivity contribution in [1.82, 2.24) is 0 Å². The van der Waals surface area contributed by atoms with Gasteiger partial charge < -0.3 is 9.84 Å². The van der Waals surface area contributed by atoms with Crippen LogP contribution in [0.25, 0.3) is 5.57 Å². The summed E-state index contributed by atoms with van der Waals surface area (Å²) in [4.78, 5) is 14.6. The molecular formula is C14H13NO3. The molecule has 0 fully saturated rings. The van der Waals surface area contributed by atoms with E-state index in [9.17, 15) is 4.79 Å². The summed E-state index contributed by atoms with van der Waals surface area (Å²) in [6.07, 6.45) is 3.39. The Balaban J connectivity index is 2.51. The van der Waals surface area contributed by atoms with Gasteiger partial charge >= 0.3 is 5.97 Å². The van der Waals surface area contributed by atoms with Crippen molar-refractivity contribution in [3.8, 4) is 0 Å². The summed E-state index contributed by atoms with van der Waals surface area (Å²) in [5.74, 6) is -0.139. The molecule has 1 aromatic rings. The summed E-state index contributed by atoms with van der Waals surface area (Å²) in [7, 11) is 0. The number of hydrogen-bond acceptors (Lipinski definition) is 3. The van der Waals surface area contributed by atoms with Gasteiger partial charge in [0.1, 0.15) is 12.4 Å². The molecule has 1 heterocycles. The maximum atomic E-state index is 10.9. The molecule has 4 heteroatoms. The van der Waals surface area contributed by atoms with E-state index in [2.05, 4.69) is 11.7 Å². The van der Waals surface area contributed by atoms with Gasteiger partial charge in [-0.1, -0.05) is 6.07 Å². The van der Waals surface area contributed by atoms with Crippen molar-refractivity contribution < 1.29 is 14.6 Å². The van der Waals surface area contributed by atoms with E-state index in [1.807, 2.05) is 6.92 Å². The minimum atomic E-state index is -0.936. The number of allylic oxidation sites excluding steroid dienone is 3. The van der Waals surface area contributed by atoms with Crippen LogP contribution in [0.5, 0.6) is 0 Å². The largest absolute Gasteiger partial charge is 0.493 e. The van der Waals surface area contributed by atoms with Gasteiger partial charge in [0.2, 0.25) is 0 Å². The predicted molar refractivity (Wildman–Crippen MR) is 69.5 cm³/mol. The van der Waals surface area contributed by atoms with Crippen LogP contribution >= 0.6 is 0 Å². The minimum absolute atomic E-state index is 0.266. The van der Waals surface area contributed by atoms with Crippen LogP contribution in [0.2, 0.25) is 0 Å². The second kappa shape index (κ2) is 4.87. The van der Waals surface area contributed by atoms with Crippen molar-refractivity contribution in [2.45, 2.75) is 13.5 Å². The number of carbonyl (C=O) groups is 1. The number of rotatable bonds is 3. The average molecular weight is 243 g/mol. The number of nitrogens with zero attached hydrogens (tertiary/aromatic N) is 1. The molecule has 0 radical (unpaired) electrons. The highest BCUT2D eigenvalue weighted by atomic mass is 16.5. The number of fused-ring (bicyclic) bond motifs is 1. The highest BCUT2D eigenvalue weighted by Gasteiger charge is 2.17. The van der Waals surface area contributed by atoms with E-state index in [-0.39, 0.29) is 5.56 Å². The number of carboxylic acids is 1. The van der Waals surface area contributed by atoms with Gasteiger partial charge in [-0.25, -0.2) is 4.79 Å². The normalized spacial score (nSPS) is 14.3. The van der Waals surface area contributed by atoms with Gasteiger partial charge in [0.25, 0.3) is 0 Å². The third-order valence-corrected chi connectivity index (χ3v) is 2.81. The summed E-state index contributed by atoms with van der Waals surface area (Å²) < 4.78 is 5.52. The molecule has 0 aromatic heterocycles. The van der Waals surface area contributed by atoms with Crippen molar-refractivity contribution in [2.24, 2.45) is 4.99 Å². The number of hydrogen-bond donors (Lipinski definition) is 1. The van der Waals surface area contributed by atoms with Crippen LogP contribution in [-0.2, 0) is 11.3 Å². The van der Waals surface area contributed by atoms with Gasteiger partial charge in [-0.15, -0.1) is 0 Å². The first-order valence-corrected chi connectivity index (χ1v) is 5.46. The summed E-state index contributed by atoms with van der Waals surface area (Å²) in [5.41, 5.74) is 3.01. The first-order chi connectivity index (χ1) is 8.63. The highest BCUT2D eigenvalue weighted by molar-refractivity contribution is 5.89. The average Bonchev–Trinajstić information content (AvgIpc) is 2.37. The minimum Gasteiger partial charge on any atom is -0.493 e. The molecule has 1 aliphatic rings. The lowest BCUT2D eigenvalue weighted by atomic mass is 9.95. The maximum absolute atomic E-state index is 10.9. The molecule has 0 saturated carbocycles. The summed E-state index contributed by atoms with van der Waals surface area (Å²) >= 11 is 0. The van der Waals surface area contributed by atoms with Crippen molar-refractivity contribution in [3.05, 3.63) is 52.9 Å². The van der Waals surface area contributed by atoms with Crippen LogP contribution in [-0.4, -0.2) is 17.8 Å². The van der Waals surface area contributed by atoms with Gasteiger partial charge in [0, 0.05) is 11.8 Å². The fraction of sp³-hybridized carbons (Fsp3) is 0.143. The first-order valence-electron chi connectivity index (χ1n) is 5.46. The van der Waals surface area contributed by atoms with E-state index < -0.39 is 5.97 Å². The SMILES string of the molecule is C=N/C=C\C1=C(C)OCc2cc(C(=O)O)ccc21. The molecule has 0 atom stereocenters. The van der Waals surface area contributed by atoms with Gasteiger partial charge in [-0.05, 0) is 43.0 Å². The Labute approximate surface area is 105 Å². The van der Waals surface area contributed by atoms with E-state index >= 15 is 0 Å². The fourth-order valence-electron chi connectivity index (χ4n) is 1.90. The Hall–Kier alpha value is -2.36. The third-order valence-electron chi connectivity index (χ3n) is 2.81.